The fourth-order valence-electron chi connectivity index (χ4n) is 1.46. The van der Waals surface area contributed by atoms with Gasteiger partial charge in [-0.1, -0.05) is 6.08 Å². The van der Waals surface area contributed by atoms with Crippen LogP contribution in [-0.2, 0) is 0 Å². The minimum atomic E-state index is 0.278. The molecular weight excluding hydrogens is 164 g/mol. The predicted octanol–water partition coefficient (Wildman–Crippen LogP) is 0.894. The molecule has 0 saturated heterocycles. The lowest BCUT2D eigenvalue weighted by molar-refractivity contribution is 0.819. The highest BCUT2D eigenvalue weighted by Gasteiger charge is 1.96. The zero-order valence-corrected chi connectivity index (χ0v) is 7.57. The third-order valence-electron chi connectivity index (χ3n) is 2.07. The van der Waals surface area contributed by atoms with Crippen molar-refractivity contribution < 1.29 is 0 Å². The van der Waals surface area contributed by atoms with Crippen LogP contribution in [0.3, 0.4) is 0 Å². The van der Waals surface area contributed by atoms with E-state index in [2.05, 4.69) is 10.4 Å². The smallest absolute Gasteiger partial charge is 0.0345 e. The molecule has 13 heavy (non-hydrogen) atoms. The van der Waals surface area contributed by atoms with Crippen LogP contribution in [0, 0.1) is 6.92 Å². The summed E-state index contributed by atoms with van der Waals surface area (Å²) in [6.07, 6.45) is 3.37. The van der Waals surface area contributed by atoms with Gasteiger partial charge in [0.25, 0.3) is 0 Å². The SMILES string of the molecule is CC=c1cc(C)c2n1N=C[N-]C=2[NH-]. The Bertz CT molecular complexity index is 478. The van der Waals surface area contributed by atoms with Crippen molar-refractivity contribution in [2.45, 2.75) is 13.8 Å². The minimum Gasteiger partial charge on any atom is -0.556 e. The fraction of sp³-hybridized carbons (Fsp3) is 0.222. The van der Waals surface area contributed by atoms with Gasteiger partial charge >= 0.3 is 0 Å². The maximum absolute atomic E-state index is 7.61. The van der Waals surface area contributed by atoms with Crippen molar-refractivity contribution in [3.63, 3.8) is 0 Å². The Morgan fingerprint density at radius 3 is 3.08 bits per heavy atom. The Labute approximate surface area is 76.0 Å². The number of hydrogen-bond donors (Lipinski definition) is 0. The van der Waals surface area contributed by atoms with E-state index in [4.69, 9.17) is 5.73 Å². The number of nitrogens with one attached hydrogen (secondary N) is 1. The second-order valence-corrected chi connectivity index (χ2v) is 2.91. The van der Waals surface area contributed by atoms with Crippen molar-refractivity contribution in [2.75, 3.05) is 0 Å². The summed E-state index contributed by atoms with van der Waals surface area (Å²) in [6, 6.07) is 2.00. The Hall–Kier alpha value is -1.71. The Morgan fingerprint density at radius 1 is 1.62 bits per heavy atom. The van der Waals surface area contributed by atoms with Crippen molar-refractivity contribution in [1.82, 2.24) is 4.68 Å². The summed E-state index contributed by atoms with van der Waals surface area (Å²) >= 11 is 0. The summed E-state index contributed by atoms with van der Waals surface area (Å²) in [5.74, 6) is 0.278. The number of rotatable bonds is 0. The Balaban J connectivity index is 2.96. The molecule has 4 nitrogen and oxygen atoms in total. The van der Waals surface area contributed by atoms with Crippen LogP contribution in [0.1, 0.15) is 12.5 Å². The van der Waals surface area contributed by atoms with Crippen molar-refractivity contribution in [3.8, 4) is 0 Å². The molecule has 1 aliphatic rings. The molecule has 0 aliphatic carbocycles. The molecule has 0 bridgehead atoms. The van der Waals surface area contributed by atoms with E-state index < -0.39 is 0 Å². The summed E-state index contributed by atoms with van der Waals surface area (Å²) in [6.45, 7) is 3.91. The van der Waals surface area contributed by atoms with E-state index >= 15 is 0 Å². The van der Waals surface area contributed by atoms with Gasteiger partial charge in [0.05, 0.1) is 0 Å². The first-order valence-corrected chi connectivity index (χ1v) is 4.08. The van der Waals surface area contributed by atoms with Crippen LogP contribution >= 0.6 is 0 Å². The molecule has 1 aromatic heterocycles. The van der Waals surface area contributed by atoms with Crippen molar-refractivity contribution in [1.29, 1.82) is 0 Å². The molecule has 0 radical (unpaired) electrons. The average molecular weight is 174 g/mol. The molecule has 0 amide bonds. The van der Waals surface area contributed by atoms with E-state index in [9.17, 15) is 0 Å². The van der Waals surface area contributed by atoms with Crippen LogP contribution in [0.15, 0.2) is 11.2 Å². The van der Waals surface area contributed by atoms with Gasteiger partial charge in [0, 0.05) is 10.7 Å². The summed E-state index contributed by atoms with van der Waals surface area (Å²) in [7, 11) is 0. The normalized spacial score (nSPS) is 15.8. The van der Waals surface area contributed by atoms with Crippen LogP contribution in [0.25, 0.3) is 22.9 Å². The first-order valence-electron chi connectivity index (χ1n) is 4.08. The number of aromatic nitrogens is 1. The van der Waals surface area contributed by atoms with Crippen LogP contribution in [-0.4, -0.2) is 11.0 Å². The maximum atomic E-state index is 7.61. The second-order valence-electron chi connectivity index (χ2n) is 2.91. The highest BCUT2D eigenvalue weighted by atomic mass is 15.4. The van der Waals surface area contributed by atoms with Crippen LogP contribution in [0.5, 0.6) is 0 Å². The molecule has 0 fully saturated rings. The maximum Gasteiger partial charge on any atom is 0.0345 e. The number of fused-ring (bicyclic) bond motifs is 1. The molecule has 1 aromatic rings. The molecule has 0 saturated carbocycles. The molecule has 0 unspecified atom stereocenters. The molecule has 68 valence electrons. The van der Waals surface area contributed by atoms with Crippen molar-refractivity contribution >= 4 is 18.2 Å². The molecule has 0 spiro atoms. The quantitative estimate of drug-likeness (QED) is 0.561. The molecule has 4 heteroatoms. The summed E-state index contributed by atoms with van der Waals surface area (Å²) in [5.41, 5.74) is 8.65. The van der Waals surface area contributed by atoms with Gasteiger partial charge in [0.15, 0.2) is 0 Å². The van der Waals surface area contributed by atoms with Crippen molar-refractivity contribution in [2.24, 2.45) is 5.10 Å². The molecule has 2 rings (SSSR count). The average Bonchev–Trinajstić information content (AvgIpc) is 2.44. The fourth-order valence-corrected chi connectivity index (χ4v) is 1.46. The highest BCUT2D eigenvalue weighted by Crippen LogP contribution is 2.05. The van der Waals surface area contributed by atoms with Gasteiger partial charge < -0.3 is 20.8 Å². The number of aryl methyl sites for hydroxylation is 1. The van der Waals surface area contributed by atoms with Gasteiger partial charge in [-0.25, -0.2) is 0 Å². The van der Waals surface area contributed by atoms with E-state index in [0.717, 1.165) is 16.3 Å². The summed E-state index contributed by atoms with van der Waals surface area (Å²) in [4.78, 5) is 0. The standard InChI is InChI=1S/C9H10N4/c1-3-7-4-6(2)8-9(10)11-5-12-13(7)8/h3-5,10H,1-2H3/q-2. The molecule has 1 N–H and O–H groups in total. The lowest BCUT2D eigenvalue weighted by atomic mass is 10.3. The van der Waals surface area contributed by atoms with E-state index in [1.807, 2.05) is 26.0 Å². The van der Waals surface area contributed by atoms with Gasteiger partial charge in [-0.2, -0.15) is 6.34 Å². The van der Waals surface area contributed by atoms with Gasteiger partial charge in [-0.15, -0.1) is 5.82 Å². The zero-order valence-electron chi connectivity index (χ0n) is 7.57. The van der Waals surface area contributed by atoms with Gasteiger partial charge in [-0.05, 0) is 25.5 Å². The summed E-state index contributed by atoms with van der Waals surface area (Å²) < 4.78 is 1.74. The third kappa shape index (κ3) is 1.02. The molecule has 2 heterocycles. The van der Waals surface area contributed by atoms with E-state index in [0.29, 0.717) is 0 Å². The van der Waals surface area contributed by atoms with Crippen LogP contribution < -0.4 is 10.7 Å². The number of hydrogen-bond acceptors (Lipinski definition) is 1. The molecule has 1 aliphatic heterocycles. The molecular formula is C9H10N4-2. The highest BCUT2D eigenvalue weighted by molar-refractivity contribution is 5.88. The largest absolute Gasteiger partial charge is 0.556 e. The Morgan fingerprint density at radius 2 is 2.38 bits per heavy atom. The van der Waals surface area contributed by atoms with Crippen LogP contribution in [0.4, 0.5) is 0 Å². The monoisotopic (exact) mass is 174 g/mol. The van der Waals surface area contributed by atoms with Gasteiger partial charge in [0.2, 0.25) is 0 Å². The van der Waals surface area contributed by atoms with E-state index in [1.54, 1.807) is 4.68 Å². The van der Waals surface area contributed by atoms with Gasteiger partial charge in [-0.3, -0.25) is 0 Å². The van der Waals surface area contributed by atoms with Crippen LogP contribution in [0.2, 0.25) is 0 Å². The minimum absolute atomic E-state index is 0.278. The van der Waals surface area contributed by atoms with Gasteiger partial charge in [0.1, 0.15) is 0 Å². The molecule has 0 atom stereocenters. The van der Waals surface area contributed by atoms with E-state index in [1.165, 1.54) is 6.34 Å². The third-order valence-corrected chi connectivity index (χ3v) is 2.07. The van der Waals surface area contributed by atoms with Crippen molar-refractivity contribution in [3.05, 3.63) is 33.4 Å². The zero-order chi connectivity index (χ0) is 9.42. The first-order chi connectivity index (χ1) is 6.24. The Kier molecular flexibility index (Phi) is 1.62. The lowest BCUT2D eigenvalue weighted by Crippen LogP contribution is -2.27. The topological polar surface area (TPSA) is 55.2 Å². The lowest BCUT2D eigenvalue weighted by Gasteiger charge is -2.25. The second kappa shape index (κ2) is 2.65. The predicted molar refractivity (Wildman–Crippen MR) is 53.5 cm³/mol. The summed E-state index contributed by atoms with van der Waals surface area (Å²) in [5, 5.41) is 9.72. The molecule has 0 aromatic carbocycles. The number of nitrogens with zero attached hydrogens (tertiary/aromatic N) is 3. The first kappa shape index (κ1) is 7.91. The van der Waals surface area contributed by atoms with E-state index in [-0.39, 0.29) is 5.82 Å².